The van der Waals surface area contributed by atoms with Gasteiger partial charge in [0.15, 0.2) is 0 Å². The highest BCUT2D eigenvalue weighted by molar-refractivity contribution is 9.09. The minimum Gasteiger partial charge on any atom is -0.493 e. The monoisotopic (exact) mass is 424 g/mol. The lowest BCUT2D eigenvalue weighted by atomic mass is 10.1. The summed E-state index contributed by atoms with van der Waals surface area (Å²) >= 11 is 3.34. The summed E-state index contributed by atoms with van der Waals surface area (Å²) in [5.41, 5.74) is 3.91. The van der Waals surface area contributed by atoms with Crippen LogP contribution in [0.25, 0.3) is 11.1 Å². The number of halogens is 1. The molecule has 3 rings (SSSR count). The number of amides is 1. The molecule has 0 radical (unpaired) electrons. The zero-order valence-electron chi connectivity index (χ0n) is 14.9. The molecule has 0 saturated heterocycles. The van der Waals surface area contributed by atoms with E-state index >= 15 is 0 Å². The molecule has 138 valence electrons. The summed E-state index contributed by atoms with van der Waals surface area (Å²) in [6.07, 6.45) is 2.07. The maximum absolute atomic E-state index is 12.1. The number of hydrogen-bond donors (Lipinski definition) is 1. The Morgan fingerprint density at radius 2 is 1.70 bits per heavy atom. The number of nitrogens with zero attached hydrogens (tertiary/aromatic N) is 1. The van der Waals surface area contributed by atoms with Crippen molar-refractivity contribution in [1.29, 1.82) is 0 Å². The van der Waals surface area contributed by atoms with E-state index < -0.39 is 0 Å². The van der Waals surface area contributed by atoms with Crippen LogP contribution in [0.15, 0.2) is 72.9 Å². The largest absolute Gasteiger partial charge is 0.493 e. The Hall–Kier alpha value is -2.66. The first-order chi connectivity index (χ1) is 13.2. The average molecular weight is 425 g/mol. The highest BCUT2D eigenvalue weighted by atomic mass is 79.9. The molecule has 1 heterocycles. The minimum absolute atomic E-state index is 0.0348. The maximum Gasteiger partial charge on any atom is 0.226 e. The molecule has 0 fully saturated rings. The normalized spacial score (nSPS) is 10.4. The van der Waals surface area contributed by atoms with Crippen LogP contribution in [0, 0.1) is 0 Å². The molecule has 0 spiro atoms. The average Bonchev–Trinajstić information content (AvgIpc) is 2.72. The minimum atomic E-state index is -0.0348. The van der Waals surface area contributed by atoms with Crippen LogP contribution in [-0.4, -0.2) is 22.8 Å². The quantitative estimate of drug-likeness (QED) is 0.545. The lowest BCUT2D eigenvalue weighted by molar-refractivity contribution is -0.120. The Morgan fingerprint density at radius 1 is 0.963 bits per heavy atom. The molecule has 1 amide bonds. The number of carbonyl (C=O) groups excluding carboxylic acids is 1. The van der Waals surface area contributed by atoms with Crippen LogP contribution in [-0.2, 0) is 17.8 Å². The van der Waals surface area contributed by atoms with Gasteiger partial charge in [0, 0.05) is 29.3 Å². The third-order valence-corrected chi connectivity index (χ3v) is 4.36. The van der Waals surface area contributed by atoms with Crippen molar-refractivity contribution in [2.24, 2.45) is 0 Å². The van der Waals surface area contributed by atoms with Gasteiger partial charge in [-0.15, -0.1) is 0 Å². The first kappa shape index (κ1) is 19.1. The first-order valence-corrected chi connectivity index (χ1v) is 9.91. The summed E-state index contributed by atoms with van der Waals surface area (Å²) in [6, 6.07) is 21.7. The summed E-state index contributed by atoms with van der Waals surface area (Å²) in [6.45, 7) is 1.17. The SMILES string of the molecule is O=C(Cc1ccc(-c2ccc(OCCBr)cc2)cn1)NCc1ccccc1. The van der Waals surface area contributed by atoms with E-state index in [2.05, 4.69) is 26.2 Å². The fraction of sp³-hybridized carbons (Fsp3) is 0.182. The number of benzene rings is 2. The summed E-state index contributed by atoms with van der Waals surface area (Å²) in [5.74, 6) is 0.810. The Balaban J connectivity index is 1.54. The van der Waals surface area contributed by atoms with Crippen LogP contribution in [0.5, 0.6) is 5.75 Å². The van der Waals surface area contributed by atoms with Gasteiger partial charge in [0.2, 0.25) is 5.91 Å². The van der Waals surface area contributed by atoms with Crippen LogP contribution in [0.3, 0.4) is 0 Å². The van der Waals surface area contributed by atoms with Crippen LogP contribution in [0.1, 0.15) is 11.3 Å². The molecule has 2 aromatic carbocycles. The first-order valence-electron chi connectivity index (χ1n) is 8.79. The van der Waals surface area contributed by atoms with Crippen molar-refractivity contribution in [2.45, 2.75) is 13.0 Å². The second-order valence-corrected chi connectivity index (χ2v) is 6.83. The van der Waals surface area contributed by atoms with Crippen LogP contribution < -0.4 is 10.1 Å². The van der Waals surface area contributed by atoms with Crippen molar-refractivity contribution in [3.05, 3.63) is 84.2 Å². The predicted molar refractivity (Wildman–Crippen MR) is 111 cm³/mol. The molecular weight excluding hydrogens is 404 g/mol. The lowest BCUT2D eigenvalue weighted by Gasteiger charge is -2.07. The second kappa shape index (κ2) is 9.88. The molecule has 0 saturated carbocycles. The van der Waals surface area contributed by atoms with Gasteiger partial charge in [-0.1, -0.05) is 64.5 Å². The Bertz CT molecular complexity index is 850. The van der Waals surface area contributed by atoms with Gasteiger partial charge in [0.05, 0.1) is 13.0 Å². The third kappa shape index (κ3) is 5.93. The molecule has 1 N–H and O–H groups in total. The molecule has 0 aliphatic rings. The second-order valence-electron chi connectivity index (χ2n) is 6.04. The van der Waals surface area contributed by atoms with Crippen molar-refractivity contribution in [3.8, 4) is 16.9 Å². The van der Waals surface area contributed by atoms with Crippen LogP contribution >= 0.6 is 15.9 Å². The van der Waals surface area contributed by atoms with Crippen molar-refractivity contribution in [3.63, 3.8) is 0 Å². The Labute approximate surface area is 167 Å². The number of alkyl halides is 1. The van der Waals surface area contributed by atoms with E-state index in [1.807, 2.05) is 66.7 Å². The number of ether oxygens (including phenoxy) is 1. The molecule has 0 bridgehead atoms. The van der Waals surface area contributed by atoms with Gasteiger partial charge in [0.25, 0.3) is 0 Å². The van der Waals surface area contributed by atoms with E-state index in [-0.39, 0.29) is 12.3 Å². The number of carbonyl (C=O) groups is 1. The molecule has 0 aliphatic carbocycles. The van der Waals surface area contributed by atoms with Crippen LogP contribution in [0.2, 0.25) is 0 Å². The molecule has 1 aromatic heterocycles. The summed E-state index contributed by atoms with van der Waals surface area (Å²) in [7, 11) is 0. The number of aromatic nitrogens is 1. The maximum atomic E-state index is 12.1. The smallest absolute Gasteiger partial charge is 0.226 e. The van der Waals surface area contributed by atoms with Gasteiger partial charge in [-0.25, -0.2) is 0 Å². The number of hydrogen-bond acceptors (Lipinski definition) is 3. The topological polar surface area (TPSA) is 51.2 Å². The molecule has 0 unspecified atom stereocenters. The van der Waals surface area contributed by atoms with Gasteiger partial charge < -0.3 is 10.1 Å². The summed E-state index contributed by atoms with van der Waals surface area (Å²) < 4.78 is 5.56. The van der Waals surface area contributed by atoms with E-state index in [4.69, 9.17) is 4.74 Å². The molecule has 27 heavy (non-hydrogen) atoms. The number of nitrogens with one attached hydrogen (secondary N) is 1. The third-order valence-electron chi connectivity index (χ3n) is 4.03. The van der Waals surface area contributed by atoms with Gasteiger partial charge >= 0.3 is 0 Å². The summed E-state index contributed by atoms with van der Waals surface area (Å²) in [5, 5.41) is 3.73. The predicted octanol–water partition coefficient (Wildman–Crippen LogP) is 4.38. The zero-order valence-corrected chi connectivity index (χ0v) is 16.5. The molecule has 3 aromatic rings. The van der Waals surface area contributed by atoms with Crippen molar-refractivity contribution < 1.29 is 9.53 Å². The zero-order chi connectivity index (χ0) is 18.9. The molecular formula is C22H21BrN2O2. The molecule has 4 nitrogen and oxygen atoms in total. The fourth-order valence-electron chi connectivity index (χ4n) is 2.62. The number of rotatable bonds is 8. The standard InChI is InChI=1S/C22H21BrN2O2/c23-12-13-27-21-10-7-18(8-11-21)19-6-9-20(24-16-19)14-22(26)25-15-17-4-2-1-3-5-17/h1-11,16H,12-15H2,(H,25,26). The highest BCUT2D eigenvalue weighted by Gasteiger charge is 2.06. The highest BCUT2D eigenvalue weighted by Crippen LogP contribution is 2.22. The number of pyridine rings is 1. The van der Waals surface area contributed by atoms with Gasteiger partial charge in [0.1, 0.15) is 5.75 Å². The van der Waals surface area contributed by atoms with Crippen molar-refractivity contribution in [2.75, 3.05) is 11.9 Å². The van der Waals surface area contributed by atoms with Crippen molar-refractivity contribution in [1.82, 2.24) is 10.3 Å². The van der Waals surface area contributed by atoms with Gasteiger partial charge in [-0.2, -0.15) is 0 Å². The van der Waals surface area contributed by atoms with Crippen LogP contribution in [0.4, 0.5) is 0 Å². The molecule has 5 heteroatoms. The lowest BCUT2D eigenvalue weighted by Crippen LogP contribution is -2.24. The van der Waals surface area contributed by atoms with E-state index in [9.17, 15) is 4.79 Å². The van der Waals surface area contributed by atoms with E-state index in [0.29, 0.717) is 13.2 Å². The van der Waals surface area contributed by atoms with E-state index in [0.717, 1.165) is 33.5 Å². The Morgan fingerprint density at radius 3 is 2.37 bits per heavy atom. The van der Waals surface area contributed by atoms with Gasteiger partial charge in [-0.05, 0) is 29.3 Å². The fourth-order valence-corrected chi connectivity index (χ4v) is 2.79. The van der Waals surface area contributed by atoms with Crippen molar-refractivity contribution >= 4 is 21.8 Å². The molecule has 0 aliphatic heterocycles. The summed E-state index contributed by atoms with van der Waals surface area (Å²) in [4.78, 5) is 16.5. The Kier molecular flexibility index (Phi) is 6.99. The van der Waals surface area contributed by atoms with E-state index in [1.54, 1.807) is 6.20 Å². The van der Waals surface area contributed by atoms with E-state index in [1.165, 1.54) is 0 Å². The van der Waals surface area contributed by atoms with Gasteiger partial charge in [-0.3, -0.25) is 9.78 Å². The molecule has 0 atom stereocenters.